The van der Waals surface area contributed by atoms with Gasteiger partial charge < -0.3 is 10.2 Å². The summed E-state index contributed by atoms with van der Waals surface area (Å²) < 4.78 is 0. The lowest BCUT2D eigenvalue weighted by Crippen LogP contribution is -2.44. The van der Waals surface area contributed by atoms with Crippen molar-refractivity contribution in [2.45, 2.75) is 63.6 Å². The molecular formula is C17H26N2. The van der Waals surface area contributed by atoms with E-state index in [1.54, 1.807) is 0 Å². The Balaban J connectivity index is 1.73. The number of hydrogen-bond donors (Lipinski definition) is 1. The minimum atomic E-state index is 0.590. The summed E-state index contributed by atoms with van der Waals surface area (Å²) in [7, 11) is 2.31. The van der Waals surface area contributed by atoms with E-state index in [-0.39, 0.29) is 0 Å². The molecule has 19 heavy (non-hydrogen) atoms. The summed E-state index contributed by atoms with van der Waals surface area (Å²) in [4.78, 5) is 2.60. The molecule has 2 saturated heterocycles. The number of para-hydroxylation sites is 1. The van der Waals surface area contributed by atoms with Gasteiger partial charge in [0.05, 0.1) is 0 Å². The highest BCUT2D eigenvalue weighted by Gasteiger charge is 2.38. The van der Waals surface area contributed by atoms with Gasteiger partial charge in [-0.3, -0.25) is 0 Å². The topological polar surface area (TPSA) is 15.3 Å². The molecule has 0 radical (unpaired) electrons. The van der Waals surface area contributed by atoms with Crippen molar-refractivity contribution in [1.82, 2.24) is 4.90 Å². The summed E-state index contributed by atoms with van der Waals surface area (Å²) in [5.74, 6) is 0.590. The molecule has 1 N–H and O–H groups in total. The second kappa shape index (κ2) is 5.16. The molecule has 0 amide bonds. The third kappa shape index (κ3) is 2.51. The van der Waals surface area contributed by atoms with Crippen LogP contribution in [0.15, 0.2) is 24.3 Å². The van der Waals surface area contributed by atoms with E-state index in [0.717, 1.165) is 12.1 Å². The van der Waals surface area contributed by atoms with E-state index in [1.807, 2.05) is 0 Å². The average molecular weight is 258 g/mol. The van der Waals surface area contributed by atoms with Gasteiger partial charge in [0.15, 0.2) is 0 Å². The quantitative estimate of drug-likeness (QED) is 0.886. The zero-order chi connectivity index (χ0) is 13.4. The normalized spacial score (nSPS) is 30.8. The number of fused-ring (bicyclic) bond motifs is 2. The van der Waals surface area contributed by atoms with Crippen LogP contribution in [0.3, 0.4) is 0 Å². The van der Waals surface area contributed by atoms with Gasteiger partial charge >= 0.3 is 0 Å². The molecule has 1 aromatic rings. The number of benzene rings is 1. The fraction of sp³-hybridized carbons (Fsp3) is 0.647. The van der Waals surface area contributed by atoms with E-state index < -0.39 is 0 Å². The number of rotatable bonds is 3. The van der Waals surface area contributed by atoms with Gasteiger partial charge in [0, 0.05) is 23.8 Å². The number of nitrogens with one attached hydrogen (secondary N) is 1. The van der Waals surface area contributed by atoms with Gasteiger partial charge in [-0.2, -0.15) is 0 Å². The fourth-order valence-electron chi connectivity index (χ4n) is 3.88. The van der Waals surface area contributed by atoms with E-state index in [4.69, 9.17) is 0 Å². The SMILES string of the molecule is CC(C)c1ccccc1NC1CC2CCC(C1)N2C. The zero-order valence-electron chi connectivity index (χ0n) is 12.4. The summed E-state index contributed by atoms with van der Waals surface area (Å²) in [5.41, 5.74) is 2.81. The van der Waals surface area contributed by atoms with E-state index in [9.17, 15) is 0 Å². The highest BCUT2D eigenvalue weighted by atomic mass is 15.2. The van der Waals surface area contributed by atoms with Crippen LogP contribution in [-0.2, 0) is 0 Å². The van der Waals surface area contributed by atoms with Crippen LogP contribution in [0.2, 0.25) is 0 Å². The molecule has 2 heterocycles. The maximum atomic E-state index is 3.83. The lowest BCUT2D eigenvalue weighted by molar-refractivity contribution is 0.169. The number of piperidine rings is 1. The predicted octanol–water partition coefficient (Wildman–Crippen LogP) is 3.85. The van der Waals surface area contributed by atoms with Crippen LogP contribution in [0.1, 0.15) is 51.0 Å². The average Bonchev–Trinajstić information content (AvgIpc) is 2.63. The number of hydrogen-bond acceptors (Lipinski definition) is 2. The standard InChI is InChI=1S/C17H26N2/c1-12(2)16-6-4-5-7-17(16)18-13-10-14-8-9-15(11-13)19(14)3/h4-7,12-15,18H,8-11H2,1-3H3. The van der Waals surface area contributed by atoms with Crippen LogP contribution < -0.4 is 5.32 Å². The van der Waals surface area contributed by atoms with Crippen LogP contribution in [0.5, 0.6) is 0 Å². The molecule has 3 rings (SSSR count). The van der Waals surface area contributed by atoms with Gasteiger partial charge in [0.2, 0.25) is 0 Å². The zero-order valence-corrected chi connectivity index (χ0v) is 12.4. The molecule has 104 valence electrons. The highest BCUT2D eigenvalue weighted by molar-refractivity contribution is 5.53. The van der Waals surface area contributed by atoms with Crippen molar-refractivity contribution in [2.75, 3.05) is 12.4 Å². The van der Waals surface area contributed by atoms with Crippen LogP contribution >= 0.6 is 0 Å². The Bertz CT molecular complexity index is 427. The van der Waals surface area contributed by atoms with Gasteiger partial charge in [-0.15, -0.1) is 0 Å². The fourth-order valence-corrected chi connectivity index (χ4v) is 3.88. The van der Waals surface area contributed by atoms with Crippen LogP contribution in [0.4, 0.5) is 5.69 Å². The Labute approximate surface area is 117 Å². The molecule has 0 aliphatic carbocycles. The van der Waals surface area contributed by atoms with Gasteiger partial charge in [0.25, 0.3) is 0 Å². The second-order valence-electron chi connectivity index (χ2n) is 6.61. The molecule has 2 bridgehead atoms. The highest BCUT2D eigenvalue weighted by Crippen LogP contribution is 2.36. The number of nitrogens with zero attached hydrogens (tertiary/aromatic N) is 1. The molecule has 2 nitrogen and oxygen atoms in total. The maximum absolute atomic E-state index is 3.83. The van der Waals surface area contributed by atoms with Gasteiger partial charge in [0.1, 0.15) is 0 Å². The first-order valence-corrected chi connectivity index (χ1v) is 7.72. The van der Waals surface area contributed by atoms with Gasteiger partial charge in [-0.05, 0) is 50.3 Å². The Hall–Kier alpha value is -1.02. The molecule has 2 unspecified atom stereocenters. The van der Waals surface area contributed by atoms with Crippen molar-refractivity contribution in [3.63, 3.8) is 0 Å². The lowest BCUT2D eigenvalue weighted by atomic mass is 9.96. The van der Waals surface area contributed by atoms with E-state index >= 15 is 0 Å². The monoisotopic (exact) mass is 258 g/mol. The third-order valence-electron chi connectivity index (χ3n) is 5.04. The summed E-state index contributed by atoms with van der Waals surface area (Å²) in [6.07, 6.45) is 5.40. The van der Waals surface area contributed by atoms with Crippen molar-refractivity contribution < 1.29 is 0 Å². The molecule has 0 aromatic heterocycles. The minimum Gasteiger partial charge on any atom is -0.382 e. The molecule has 0 spiro atoms. The molecule has 1 aromatic carbocycles. The minimum absolute atomic E-state index is 0.590. The predicted molar refractivity (Wildman–Crippen MR) is 81.7 cm³/mol. The maximum Gasteiger partial charge on any atom is 0.0377 e. The van der Waals surface area contributed by atoms with Crippen LogP contribution in [0.25, 0.3) is 0 Å². The van der Waals surface area contributed by atoms with E-state index in [1.165, 1.54) is 36.9 Å². The first kappa shape index (κ1) is 13.0. The smallest absolute Gasteiger partial charge is 0.0377 e. The van der Waals surface area contributed by atoms with Crippen molar-refractivity contribution in [2.24, 2.45) is 0 Å². The van der Waals surface area contributed by atoms with Crippen molar-refractivity contribution in [3.8, 4) is 0 Å². The number of anilines is 1. The Morgan fingerprint density at radius 1 is 1.11 bits per heavy atom. The van der Waals surface area contributed by atoms with Crippen LogP contribution in [-0.4, -0.2) is 30.1 Å². The first-order chi connectivity index (χ1) is 9.15. The van der Waals surface area contributed by atoms with Crippen molar-refractivity contribution in [3.05, 3.63) is 29.8 Å². The summed E-state index contributed by atoms with van der Waals surface area (Å²) in [6.45, 7) is 4.55. The summed E-state index contributed by atoms with van der Waals surface area (Å²) in [6, 6.07) is 11.1. The second-order valence-corrected chi connectivity index (χ2v) is 6.61. The van der Waals surface area contributed by atoms with Gasteiger partial charge in [-0.25, -0.2) is 0 Å². The Morgan fingerprint density at radius 2 is 1.74 bits per heavy atom. The molecule has 2 aliphatic rings. The molecule has 2 heteroatoms. The van der Waals surface area contributed by atoms with Crippen molar-refractivity contribution in [1.29, 1.82) is 0 Å². The molecule has 0 saturated carbocycles. The lowest BCUT2D eigenvalue weighted by Gasteiger charge is -2.37. The Morgan fingerprint density at radius 3 is 2.37 bits per heavy atom. The molecular weight excluding hydrogens is 232 g/mol. The molecule has 2 atom stereocenters. The van der Waals surface area contributed by atoms with E-state index in [2.05, 4.69) is 55.4 Å². The molecule has 2 aliphatic heterocycles. The summed E-state index contributed by atoms with van der Waals surface area (Å²) in [5, 5.41) is 3.83. The molecule has 2 fully saturated rings. The largest absolute Gasteiger partial charge is 0.382 e. The first-order valence-electron chi connectivity index (χ1n) is 7.72. The van der Waals surface area contributed by atoms with Crippen molar-refractivity contribution >= 4 is 5.69 Å². The van der Waals surface area contributed by atoms with Crippen LogP contribution in [0, 0.1) is 0 Å². The Kier molecular flexibility index (Phi) is 3.53. The third-order valence-corrected chi connectivity index (χ3v) is 5.04. The van der Waals surface area contributed by atoms with E-state index in [0.29, 0.717) is 12.0 Å². The summed E-state index contributed by atoms with van der Waals surface area (Å²) >= 11 is 0. The van der Waals surface area contributed by atoms with Gasteiger partial charge in [-0.1, -0.05) is 32.0 Å².